The van der Waals surface area contributed by atoms with Crippen molar-refractivity contribution in [1.29, 1.82) is 0 Å². The second-order valence-electron chi connectivity index (χ2n) is 3.69. The number of carbonyl (C=O) groups excluding carboxylic acids is 1. The van der Waals surface area contributed by atoms with Gasteiger partial charge >= 0.3 is 0 Å². The normalized spacial score (nSPS) is 10.1. The number of hydrogen-bond donors (Lipinski definition) is 2. The molecule has 0 aliphatic rings. The molecule has 0 atom stereocenters. The van der Waals surface area contributed by atoms with Crippen LogP contribution in [-0.4, -0.2) is 22.4 Å². The van der Waals surface area contributed by atoms with Crippen LogP contribution >= 0.6 is 0 Å². The van der Waals surface area contributed by atoms with E-state index in [1.165, 1.54) is 0 Å². The number of terminal acetylenes is 1. The maximum absolute atomic E-state index is 11.4. The summed E-state index contributed by atoms with van der Waals surface area (Å²) in [5.41, 5.74) is 1.95. The number of nitrogens with one attached hydrogen (secondary N) is 2. The number of H-pyrrole nitrogens is 1. The molecule has 0 bridgehead atoms. The van der Waals surface area contributed by atoms with Crippen molar-refractivity contribution < 1.29 is 4.79 Å². The van der Waals surface area contributed by atoms with E-state index in [0.29, 0.717) is 12.8 Å². The molecule has 2 rings (SSSR count). The van der Waals surface area contributed by atoms with Crippen LogP contribution in [0.1, 0.15) is 12.0 Å². The lowest BCUT2D eigenvalue weighted by molar-refractivity contribution is -0.120. The first kappa shape index (κ1) is 11.2. The predicted molar refractivity (Wildman–Crippen MR) is 66.3 cm³/mol. The molecule has 4 nitrogen and oxygen atoms in total. The second kappa shape index (κ2) is 5.17. The minimum atomic E-state index is -0.0267. The first-order valence-electron chi connectivity index (χ1n) is 5.42. The highest BCUT2D eigenvalue weighted by molar-refractivity contribution is 5.81. The summed E-state index contributed by atoms with van der Waals surface area (Å²) in [6, 6.07) is 3.88. The molecular formula is C13H13N3O. The van der Waals surface area contributed by atoms with Crippen LogP contribution in [0.3, 0.4) is 0 Å². The summed E-state index contributed by atoms with van der Waals surface area (Å²) in [4.78, 5) is 18.7. The van der Waals surface area contributed by atoms with Crippen LogP contribution in [0.5, 0.6) is 0 Å². The number of fused-ring (bicyclic) bond motifs is 1. The Morgan fingerprint density at radius 3 is 3.29 bits per heavy atom. The molecule has 0 fully saturated rings. The molecule has 0 unspecified atom stereocenters. The van der Waals surface area contributed by atoms with Gasteiger partial charge in [-0.15, -0.1) is 6.42 Å². The standard InChI is InChI=1S/C13H13N3O/c1-2-7-14-12(17)6-5-10-9-16-13-11(10)4-3-8-15-13/h1,3-4,8-9H,5-7H2,(H,14,17)(H,15,16). The van der Waals surface area contributed by atoms with Crippen molar-refractivity contribution >= 4 is 16.9 Å². The number of amides is 1. The minimum absolute atomic E-state index is 0.0267. The van der Waals surface area contributed by atoms with Gasteiger partial charge in [-0.3, -0.25) is 4.79 Å². The number of rotatable bonds is 4. The van der Waals surface area contributed by atoms with Gasteiger partial charge in [-0.1, -0.05) is 5.92 Å². The van der Waals surface area contributed by atoms with Gasteiger partial charge in [-0.25, -0.2) is 4.98 Å². The van der Waals surface area contributed by atoms with Gasteiger partial charge < -0.3 is 10.3 Å². The minimum Gasteiger partial charge on any atom is -0.346 e. The third-order valence-corrected chi connectivity index (χ3v) is 2.55. The van der Waals surface area contributed by atoms with E-state index in [4.69, 9.17) is 6.42 Å². The Bertz CT molecular complexity index is 565. The van der Waals surface area contributed by atoms with Gasteiger partial charge in [-0.05, 0) is 24.1 Å². The van der Waals surface area contributed by atoms with Crippen molar-refractivity contribution in [3.05, 3.63) is 30.1 Å². The summed E-state index contributed by atoms with van der Waals surface area (Å²) in [6.45, 7) is 0.286. The van der Waals surface area contributed by atoms with E-state index in [-0.39, 0.29) is 12.5 Å². The SMILES string of the molecule is C#CCNC(=O)CCc1c[nH]c2ncccc12. The van der Waals surface area contributed by atoms with Crippen LogP contribution in [-0.2, 0) is 11.2 Å². The highest BCUT2D eigenvalue weighted by Gasteiger charge is 2.06. The smallest absolute Gasteiger partial charge is 0.221 e. The fourth-order valence-corrected chi connectivity index (χ4v) is 1.71. The number of carbonyl (C=O) groups is 1. The lowest BCUT2D eigenvalue weighted by Gasteiger charge is -2.00. The van der Waals surface area contributed by atoms with Gasteiger partial charge in [-0.2, -0.15) is 0 Å². The Labute approximate surface area is 99.4 Å². The molecule has 0 saturated heterocycles. The summed E-state index contributed by atoms with van der Waals surface area (Å²) in [5.74, 6) is 2.35. The fraction of sp³-hybridized carbons (Fsp3) is 0.231. The number of pyridine rings is 1. The number of aryl methyl sites for hydroxylation is 1. The Balaban J connectivity index is 2.00. The molecule has 2 N–H and O–H groups in total. The van der Waals surface area contributed by atoms with E-state index in [0.717, 1.165) is 16.6 Å². The molecule has 0 spiro atoms. The highest BCUT2D eigenvalue weighted by atomic mass is 16.1. The monoisotopic (exact) mass is 227 g/mol. The summed E-state index contributed by atoms with van der Waals surface area (Å²) >= 11 is 0. The van der Waals surface area contributed by atoms with Gasteiger partial charge in [0.2, 0.25) is 5.91 Å². The van der Waals surface area contributed by atoms with Gasteiger partial charge in [0.25, 0.3) is 0 Å². The largest absolute Gasteiger partial charge is 0.346 e. The zero-order chi connectivity index (χ0) is 12.1. The van der Waals surface area contributed by atoms with Crippen molar-refractivity contribution in [3.8, 4) is 12.3 Å². The summed E-state index contributed by atoms with van der Waals surface area (Å²) < 4.78 is 0. The Morgan fingerprint density at radius 2 is 2.47 bits per heavy atom. The maximum Gasteiger partial charge on any atom is 0.221 e. The number of hydrogen-bond acceptors (Lipinski definition) is 2. The third kappa shape index (κ3) is 2.64. The number of aromatic nitrogens is 2. The van der Waals surface area contributed by atoms with Gasteiger partial charge in [0.1, 0.15) is 5.65 Å². The molecule has 2 aromatic heterocycles. The molecular weight excluding hydrogens is 214 g/mol. The molecule has 0 saturated carbocycles. The van der Waals surface area contributed by atoms with E-state index >= 15 is 0 Å². The molecule has 2 heterocycles. The zero-order valence-corrected chi connectivity index (χ0v) is 9.36. The van der Waals surface area contributed by atoms with Crippen LogP contribution in [0, 0.1) is 12.3 Å². The second-order valence-corrected chi connectivity index (χ2v) is 3.69. The Morgan fingerprint density at radius 1 is 1.59 bits per heavy atom. The Kier molecular flexibility index (Phi) is 3.41. The van der Waals surface area contributed by atoms with Gasteiger partial charge in [0, 0.05) is 24.2 Å². The van der Waals surface area contributed by atoms with Crippen molar-refractivity contribution in [1.82, 2.24) is 15.3 Å². The van der Waals surface area contributed by atoms with Crippen LogP contribution in [0.2, 0.25) is 0 Å². The third-order valence-electron chi connectivity index (χ3n) is 2.55. The first-order valence-corrected chi connectivity index (χ1v) is 5.42. The lowest BCUT2D eigenvalue weighted by atomic mass is 10.1. The molecule has 0 aliphatic carbocycles. The van der Waals surface area contributed by atoms with Gasteiger partial charge in [0.15, 0.2) is 0 Å². The summed E-state index contributed by atoms with van der Waals surface area (Å²) in [5, 5.41) is 3.71. The fourth-order valence-electron chi connectivity index (χ4n) is 1.71. The van der Waals surface area contributed by atoms with E-state index in [1.807, 2.05) is 18.3 Å². The average molecular weight is 227 g/mol. The maximum atomic E-state index is 11.4. The van der Waals surface area contributed by atoms with Crippen LogP contribution in [0.4, 0.5) is 0 Å². The van der Waals surface area contributed by atoms with Crippen molar-refractivity contribution in [2.75, 3.05) is 6.54 Å². The van der Waals surface area contributed by atoms with Crippen LogP contribution < -0.4 is 5.32 Å². The van der Waals surface area contributed by atoms with E-state index < -0.39 is 0 Å². The average Bonchev–Trinajstić information content (AvgIpc) is 2.77. The topological polar surface area (TPSA) is 57.8 Å². The highest BCUT2D eigenvalue weighted by Crippen LogP contribution is 2.16. The molecule has 0 aliphatic heterocycles. The van der Waals surface area contributed by atoms with Crippen LogP contribution in [0.25, 0.3) is 11.0 Å². The lowest BCUT2D eigenvalue weighted by Crippen LogP contribution is -2.23. The van der Waals surface area contributed by atoms with Crippen LogP contribution in [0.15, 0.2) is 24.5 Å². The quantitative estimate of drug-likeness (QED) is 0.772. The number of nitrogens with zero attached hydrogens (tertiary/aromatic N) is 1. The zero-order valence-electron chi connectivity index (χ0n) is 9.36. The van der Waals surface area contributed by atoms with Crippen molar-refractivity contribution in [3.63, 3.8) is 0 Å². The Hall–Kier alpha value is -2.28. The summed E-state index contributed by atoms with van der Waals surface area (Å²) in [7, 11) is 0. The van der Waals surface area contributed by atoms with Crippen molar-refractivity contribution in [2.45, 2.75) is 12.8 Å². The van der Waals surface area contributed by atoms with E-state index in [1.54, 1.807) is 6.20 Å². The van der Waals surface area contributed by atoms with Gasteiger partial charge in [0.05, 0.1) is 6.54 Å². The summed E-state index contributed by atoms with van der Waals surface area (Å²) in [6.07, 6.45) is 9.81. The molecule has 2 aromatic rings. The molecule has 86 valence electrons. The molecule has 0 aromatic carbocycles. The van der Waals surface area contributed by atoms with E-state index in [2.05, 4.69) is 21.2 Å². The molecule has 0 radical (unpaired) electrons. The first-order chi connectivity index (χ1) is 8.31. The predicted octanol–water partition coefficient (Wildman–Crippen LogP) is 1.24. The number of aromatic amines is 1. The van der Waals surface area contributed by atoms with E-state index in [9.17, 15) is 4.79 Å². The molecule has 4 heteroatoms. The molecule has 17 heavy (non-hydrogen) atoms. The molecule has 1 amide bonds. The van der Waals surface area contributed by atoms with Crippen molar-refractivity contribution in [2.24, 2.45) is 0 Å².